The third-order valence-electron chi connectivity index (χ3n) is 8.19. The van der Waals surface area contributed by atoms with Gasteiger partial charge in [0.15, 0.2) is 5.58 Å². The number of benzene rings is 6. The molecule has 1 aromatic heterocycles. The molecule has 8 nitrogen and oxygen atoms in total. The second kappa shape index (κ2) is 16.7. The van der Waals surface area contributed by atoms with E-state index in [-0.39, 0.29) is 16.6 Å². The molecule has 11 heteroatoms. The Balaban J connectivity index is 1.09. The van der Waals surface area contributed by atoms with Gasteiger partial charge in [-0.05, 0) is 90.0 Å². The van der Waals surface area contributed by atoms with Crippen molar-refractivity contribution in [2.45, 2.75) is 10.1 Å². The van der Waals surface area contributed by atoms with Crippen molar-refractivity contribution in [1.29, 1.82) is 0 Å². The summed E-state index contributed by atoms with van der Waals surface area (Å²) >= 11 is 14.0. The third-order valence-corrected chi connectivity index (χ3v) is 10.3. The number of para-hydroxylation sites is 2. The number of rotatable bonds is 11. The summed E-state index contributed by atoms with van der Waals surface area (Å²) in [5.74, 6) is -0.802. The van der Waals surface area contributed by atoms with Crippen LogP contribution >= 0.6 is 35.0 Å². The highest BCUT2D eigenvalue weighted by Crippen LogP contribution is 2.37. The SMILES string of the molecule is O=C(Nc1cccc(SC(C(=O)Nc2ccc(-c3nc4ccccc4o3)cc2)c2ccccc2)c1)/C(=C\c1cccc(Cl)c1Cl)NC(=O)c1ccccc1. The number of amides is 3. The van der Waals surface area contributed by atoms with Gasteiger partial charge in [-0.1, -0.05) is 102 Å². The number of anilines is 2. The Morgan fingerprint density at radius 3 is 2.17 bits per heavy atom. The van der Waals surface area contributed by atoms with Crippen molar-refractivity contribution in [1.82, 2.24) is 10.3 Å². The molecule has 1 heterocycles. The first-order valence-corrected chi connectivity index (χ1v) is 18.4. The largest absolute Gasteiger partial charge is 0.436 e. The molecule has 266 valence electrons. The molecule has 3 amide bonds. The lowest BCUT2D eigenvalue weighted by Gasteiger charge is -2.18. The topological polar surface area (TPSA) is 113 Å². The number of hydrogen-bond donors (Lipinski definition) is 3. The molecule has 0 spiro atoms. The maximum absolute atomic E-state index is 13.9. The van der Waals surface area contributed by atoms with E-state index in [1.807, 2.05) is 84.9 Å². The van der Waals surface area contributed by atoms with E-state index in [1.54, 1.807) is 66.7 Å². The van der Waals surface area contributed by atoms with Crippen molar-refractivity contribution in [3.8, 4) is 11.5 Å². The van der Waals surface area contributed by atoms with Crippen LogP contribution in [0.25, 0.3) is 28.6 Å². The summed E-state index contributed by atoms with van der Waals surface area (Å²) in [7, 11) is 0. The highest BCUT2D eigenvalue weighted by Gasteiger charge is 2.23. The zero-order valence-corrected chi connectivity index (χ0v) is 30.7. The molecule has 54 heavy (non-hydrogen) atoms. The van der Waals surface area contributed by atoms with Gasteiger partial charge in [-0.3, -0.25) is 14.4 Å². The third kappa shape index (κ3) is 8.73. The summed E-state index contributed by atoms with van der Waals surface area (Å²) in [6, 6.07) is 45.0. The Morgan fingerprint density at radius 2 is 1.41 bits per heavy atom. The van der Waals surface area contributed by atoms with E-state index in [0.717, 1.165) is 21.5 Å². The summed E-state index contributed by atoms with van der Waals surface area (Å²) in [4.78, 5) is 46.1. The van der Waals surface area contributed by atoms with Gasteiger partial charge in [-0.2, -0.15) is 0 Å². The number of thioether (sulfide) groups is 1. The minimum absolute atomic E-state index is 0.0465. The maximum Gasteiger partial charge on any atom is 0.272 e. The normalized spacial score (nSPS) is 11.9. The highest BCUT2D eigenvalue weighted by molar-refractivity contribution is 8.00. The second-order valence-corrected chi connectivity index (χ2v) is 13.9. The van der Waals surface area contributed by atoms with Gasteiger partial charge >= 0.3 is 0 Å². The van der Waals surface area contributed by atoms with Crippen molar-refractivity contribution >= 4 is 81.2 Å². The lowest BCUT2D eigenvalue weighted by Crippen LogP contribution is -2.30. The van der Waals surface area contributed by atoms with Crippen LogP contribution in [-0.4, -0.2) is 22.7 Å². The molecule has 0 saturated carbocycles. The Kier molecular flexibility index (Phi) is 11.2. The van der Waals surface area contributed by atoms with E-state index in [2.05, 4.69) is 20.9 Å². The van der Waals surface area contributed by atoms with Gasteiger partial charge in [-0.25, -0.2) is 4.98 Å². The summed E-state index contributed by atoms with van der Waals surface area (Å²) < 4.78 is 5.90. The minimum Gasteiger partial charge on any atom is -0.436 e. The molecule has 0 fully saturated rings. The molecule has 0 aliphatic rings. The number of halogens is 2. The van der Waals surface area contributed by atoms with Crippen molar-refractivity contribution < 1.29 is 18.8 Å². The van der Waals surface area contributed by atoms with E-state index in [0.29, 0.717) is 39.0 Å². The first-order valence-electron chi connectivity index (χ1n) is 16.7. The Bertz CT molecular complexity index is 2460. The fourth-order valence-electron chi connectivity index (χ4n) is 5.51. The van der Waals surface area contributed by atoms with E-state index in [1.165, 1.54) is 17.8 Å². The molecule has 0 radical (unpaired) electrons. The van der Waals surface area contributed by atoms with Crippen LogP contribution in [0.5, 0.6) is 0 Å². The van der Waals surface area contributed by atoms with Gasteiger partial charge in [0.1, 0.15) is 16.5 Å². The van der Waals surface area contributed by atoms with Crippen molar-refractivity contribution in [2.24, 2.45) is 0 Å². The summed E-state index contributed by atoms with van der Waals surface area (Å²) in [6.07, 6.45) is 1.47. The van der Waals surface area contributed by atoms with Crippen molar-refractivity contribution in [2.75, 3.05) is 10.6 Å². The number of fused-ring (bicyclic) bond motifs is 1. The quantitative estimate of drug-likeness (QED) is 0.0892. The first kappa shape index (κ1) is 36.2. The van der Waals surface area contributed by atoms with Crippen LogP contribution in [-0.2, 0) is 9.59 Å². The molecule has 6 aromatic carbocycles. The Morgan fingerprint density at radius 1 is 0.704 bits per heavy atom. The van der Waals surface area contributed by atoms with Gasteiger partial charge in [0, 0.05) is 27.4 Å². The Labute approximate surface area is 325 Å². The van der Waals surface area contributed by atoms with Crippen LogP contribution in [0, 0.1) is 0 Å². The molecule has 7 aromatic rings. The molecule has 0 aliphatic carbocycles. The lowest BCUT2D eigenvalue weighted by atomic mass is 10.1. The van der Waals surface area contributed by atoms with Gasteiger partial charge in [-0.15, -0.1) is 11.8 Å². The second-order valence-electron chi connectivity index (χ2n) is 12.0. The smallest absolute Gasteiger partial charge is 0.272 e. The number of nitrogens with one attached hydrogen (secondary N) is 3. The van der Waals surface area contributed by atoms with Gasteiger partial charge < -0.3 is 20.4 Å². The predicted octanol–water partition coefficient (Wildman–Crippen LogP) is 10.7. The van der Waals surface area contributed by atoms with E-state index < -0.39 is 17.1 Å². The Hall–Kier alpha value is -6.13. The number of aromatic nitrogens is 1. The zero-order valence-electron chi connectivity index (χ0n) is 28.3. The molecule has 1 atom stereocenters. The number of carbonyl (C=O) groups is 3. The summed E-state index contributed by atoms with van der Waals surface area (Å²) in [6.45, 7) is 0. The standard InChI is InChI=1S/C43H30Cl2N4O4S/c44-34-18-9-15-30(38(34)45)25-36(48-40(50)28-13-5-2-6-14-28)41(51)47-32-16-10-17-33(26-32)54-39(27-11-3-1-4-12-27)42(52)46-31-23-21-29(22-24-31)43-49-35-19-7-8-20-37(35)53-43/h1-26,39H,(H,46,52)(H,47,51)(H,48,50)/b36-25+. The number of hydrogen-bond acceptors (Lipinski definition) is 6. The highest BCUT2D eigenvalue weighted by atomic mass is 35.5. The first-order chi connectivity index (χ1) is 26.3. The average Bonchev–Trinajstić information content (AvgIpc) is 3.64. The maximum atomic E-state index is 13.9. The number of nitrogens with zero attached hydrogens (tertiary/aromatic N) is 1. The van der Waals surface area contributed by atoms with E-state index in [9.17, 15) is 14.4 Å². The van der Waals surface area contributed by atoms with Crippen LogP contribution in [0.3, 0.4) is 0 Å². The monoisotopic (exact) mass is 768 g/mol. The molecule has 0 bridgehead atoms. The molecule has 3 N–H and O–H groups in total. The van der Waals surface area contributed by atoms with Crippen LogP contribution < -0.4 is 16.0 Å². The number of oxazole rings is 1. The molecule has 1 unspecified atom stereocenters. The van der Waals surface area contributed by atoms with Crippen LogP contribution in [0.2, 0.25) is 10.0 Å². The predicted molar refractivity (Wildman–Crippen MR) is 217 cm³/mol. The fourth-order valence-corrected chi connectivity index (χ4v) is 6.96. The van der Waals surface area contributed by atoms with Gasteiger partial charge in [0.2, 0.25) is 11.8 Å². The van der Waals surface area contributed by atoms with Gasteiger partial charge in [0.25, 0.3) is 11.8 Å². The van der Waals surface area contributed by atoms with Crippen LogP contribution in [0.1, 0.15) is 26.7 Å². The molecule has 7 rings (SSSR count). The minimum atomic E-state index is -0.639. The molecule has 0 saturated heterocycles. The average molecular weight is 770 g/mol. The molecular weight excluding hydrogens is 739 g/mol. The molecule has 0 aliphatic heterocycles. The van der Waals surface area contributed by atoms with Gasteiger partial charge in [0.05, 0.1) is 10.0 Å². The molecular formula is C43H30Cl2N4O4S. The summed E-state index contributed by atoms with van der Waals surface area (Å²) in [5, 5.41) is 8.54. The summed E-state index contributed by atoms with van der Waals surface area (Å²) in [5.41, 5.74) is 4.88. The lowest BCUT2D eigenvalue weighted by molar-refractivity contribution is -0.116. The fraction of sp³-hybridized carbons (Fsp3) is 0.0233. The number of carbonyl (C=O) groups excluding carboxylic acids is 3. The van der Waals surface area contributed by atoms with E-state index >= 15 is 0 Å². The zero-order chi connectivity index (χ0) is 37.4. The van der Waals surface area contributed by atoms with E-state index in [4.69, 9.17) is 27.6 Å². The van der Waals surface area contributed by atoms with Crippen LogP contribution in [0.4, 0.5) is 11.4 Å². The van der Waals surface area contributed by atoms with Crippen LogP contribution in [0.15, 0.2) is 167 Å². The van der Waals surface area contributed by atoms with Crippen molar-refractivity contribution in [3.63, 3.8) is 0 Å². The van der Waals surface area contributed by atoms with Crippen molar-refractivity contribution in [3.05, 3.63) is 184 Å².